The summed E-state index contributed by atoms with van der Waals surface area (Å²) in [6, 6.07) is -2.46. The summed E-state index contributed by atoms with van der Waals surface area (Å²) in [5.74, 6) is -4.64. The number of aliphatic carboxylic acids is 1. The van der Waals surface area contributed by atoms with Crippen LogP contribution in [0.25, 0.3) is 0 Å². The lowest BCUT2D eigenvalue weighted by atomic mass is 9.59. The zero-order chi connectivity index (χ0) is 41.7. The Morgan fingerprint density at radius 2 is 0.893 bits per heavy atom. The molecule has 0 aromatic carbocycles. The van der Waals surface area contributed by atoms with Crippen LogP contribution in [0.2, 0.25) is 0 Å². The standard InChI is InChI=1S/C47H83N3O6/c1-5-7-9-11-13-15-17-19-21-23-25-27-29-31-33-35-41(51)46(37-38-50(44(54)40(4)49)47(46,45(55)56)43(53)39(3)48)42(52)36-34-32-30-28-26-24-22-20-18-16-14-12-10-8-6-2/h19-22,39-40H,5-18,23-38,48-49H2,1-4H3,(H,55,56). The van der Waals surface area contributed by atoms with Crippen molar-refractivity contribution in [2.24, 2.45) is 16.9 Å². The van der Waals surface area contributed by atoms with Crippen LogP contribution in [0.5, 0.6) is 0 Å². The number of amides is 1. The summed E-state index contributed by atoms with van der Waals surface area (Å²) in [5, 5.41) is 10.9. The van der Waals surface area contributed by atoms with Crippen molar-refractivity contribution >= 4 is 29.2 Å². The molecular formula is C47H83N3O6. The third kappa shape index (κ3) is 16.7. The number of ketones is 3. The molecule has 1 saturated heterocycles. The van der Waals surface area contributed by atoms with Crippen LogP contribution in [0.1, 0.15) is 214 Å². The molecule has 0 aromatic heterocycles. The van der Waals surface area contributed by atoms with E-state index in [1.54, 1.807) is 0 Å². The van der Waals surface area contributed by atoms with Crippen LogP contribution < -0.4 is 11.5 Å². The van der Waals surface area contributed by atoms with Crippen molar-refractivity contribution in [3.8, 4) is 0 Å². The Morgan fingerprint density at radius 3 is 1.21 bits per heavy atom. The van der Waals surface area contributed by atoms with E-state index in [0.29, 0.717) is 12.8 Å². The summed E-state index contributed by atoms with van der Waals surface area (Å²) < 4.78 is 0. The maximum absolute atomic E-state index is 14.4. The van der Waals surface area contributed by atoms with Crippen LogP contribution in [0, 0.1) is 5.41 Å². The molecule has 3 unspecified atom stereocenters. The van der Waals surface area contributed by atoms with Crippen molar-refractivity contribution in [3.63, 3.8) is 0 Å². The van der Waals surface area contributed by atoms with Crippen LogP contribution in [0.3, 0.4) is 0 Å². The van der Waals surface area contributed by atoms with Crippen LogP contribution in [0.4, 0.5) is 0 Å². The van der Waals surface area contributed by atoms with E-state index in [9.17, 15) is 29.1 Å². The van der Waals surface area contributed by atoms with Gasteiger partial charge in [-0.1, -0.05) is 141 Å². The van der Waals surface area contributed by atoms with Crippen molar-refractivity contribution in [2.75, 3.05) is 6.54 Å². The first-order valence-electron chi connectivity index (χ1n) is 22.9. The summed E-state index contributed by atoms with van der Waals surface area (Å²) in [6.45, 7) is 6.98. The third-order valence-corrected chi connectivity index (χ3v) is 11.8. The van der Waals surface area contributed by atoms with E-state index in [-0.39, 0.29) is 25.8 Å². The van der Waals surface area contributed by atoms with Gasteiger partial charge in [0.1, 0.15) is 17.0 Å². The predicted octanol–water partition coefficient (Wildman–Crippen LogP) is 10.5. The van der Waals surface area contributed by atoms with Crippen molar-refractivity contribution in [1.29, 1.82) is 0 Å². The molecule has 1 amide bonds. The number of carbonyl (C=O) groups excluding carboxylic acids is 4. The highest BCUT2D eigenvalue weighted by Crippen LogP contribution is 2.51. The second-order valence-electron chi connectivity index (χ2n) is 16.6. The Balaban J connectivity index is 2.87. The van der Waals surface area contributed by atoms with Gasteiger partial charge in [0.15, 0.2) is 5.78 Å². The monoisotopic (exact) mass is 786 g/mol. The number of allylic oxidation sites excluding steroid dienone is 4. The molecule has 1 rings (SSSR count). The van der Waals surface area contributed by atoms with Crippen LogP contribution in [0.15, 0.2) is 24.3 Å². The predicted molar refractivity (Wildman–Crippen MR) is 230 cm³/mol. The lowest BCUT2D eigenvalue weighted by Gasteiger charge is -2.44. The van der Waals surface area contributed by atoms with E-state index in [1.165, 1.54) is 90.9 Å². The highest BCUT2D eigenvalue weighted by molar-refractivity contribution is 6.25. The van der Waals surface area contributed by atoms with E-state index >= 15 is 0 Å². The topological polar surface area (TPSA) is 161 Å². The lowest BCUT2D eigenvalue weighted by Crippen LogP contribution is -2.73. The minimum Gasteiger partial charge on any atom is -0.479 e. The number of hydrogen-bond donors (Lipinski definition) is 3. The van der Waals surface area contributed by atoms with Gasteiger partial charge in [-0.3, -0.25) is 19.2 Å². The van der Waals surface area contributed by atoms with Crippen LogP contribution in [-0.4, -0.2) is 63.4 Å². The van der Waals surface area contributed by atoms with E-state index in [1.807, 2.05) is 0 Å². The van der Waals surface area contributed by atoms with Crippen LogP contribution in [-0.2, 0) is 24.0 Å². The fraction of sp³-hybridized carbons (Fsp3) is 0.809. The number of carboxylic acids is 1. The van der Waals surface area contributed by atoms with Crippen molar-refractivity contribution in [1.82, 2.24) is 4.90 Å². The minimum absolute atomic E-state index is 0.0439. The molecule has 0 bridgehead atoms. The van der Waals surface area contributed by atoms with E-state index in [2.05, 4.69) is 38.2 Å². The molecule has 1 heterocycles. The molecule has 1 aliphatic rings. The average Bonchev–Trinajstić information content (AvgIpc) is 3.55. The first kappa shape index (κ1) is 51.4. The zero-order valence-corrected chi connectivity index (χ0v) is 36.3. The number of carboxylic acid groups (broad SMARTS) is 1. The smallest absolute Gasteiger partial charge is 0.339 e. The molecule has 0 saturated carbocycles. The van der Waals surface area contributed by atoms with Gasteiger partial charge >= 0.3 is 5.97 Å². The van der Waals surface area contributed by atoms with Crippen molar-refractivity contribution < 1.29 is 29.1 Å². The van der Waals surface area contributed by atoms with Gasteiger partial charge < -0.3 is 21.5 Å². The Hall–Kier alpha value is -2.65. The summed E-state index contributed by atoms with van der Waals surface area (Å²) >= 11 is 0. The molecule has 5 N–H and O–H groups in total. The molecule has 1 fully saturated rings. The van der Waals surface area contributed by atoms with E-state index in [0.717, 1.165) is 81.9 Å². The molecule has 0 radical (unpaired) electrons. The molecule has 1 aliphatic heterocycles. The fourth-order valence-electron chi connectivity index (χ4n) is 8.43. The second kappa shape index (κ2) is 30.4. The van der Waals surface area contributed by atoms with Crippen molar-refractivity contribution in [3.05, 3.63) is 24.3 Å². The SMILES string of the molecule is CCCCCCCCC=CCCCCCCCC(=O)C1(C(=O)CCCCCCCC=CCCCCCCCC)CCN(C(=O)C(C)N)C1(C(=O)O)C(=O)C(C)N. The normalized spacial score (nSPS) is 19.6. The molecule has 9 heteroatoms. The quantitative estimate of drug-likeness (QED) is 0.0321. The molecule has 0 spiro atoms. The van der Waals surface area contributed by atoms with Gasteiger partial charge in [0.05, 0.1) is 12.1 Å². The summed E-state index contributed by atoms with van der Waals surface area (Å²) in [6.07, 6.45) is 37.0. The Kier molecular flexibility index (Phi) is 27.9. The van der Waals surface area contributed by atoms with Gasteiger partial charge in [-0.25, -0.2) is 4.79 Å². The van der Waals surface area contributed by atoms with Gasteiger partial charge in [0.25, 0.3) is 0 Å². The highest BCUT2D eigenvalue weighted by Gasteiger charge is 2.75. The number of nitrogens with two attached hydrogens (primary N) is 2. The Labute approximate surface area is 341 Å². The van der Waals surface area contributed by atoms with Gasteiger partial charge in [-0.05, 0) is 84.5 Å². The van der Waals surface area contributed by atoms with Gasteiger partial charge in [0.2, 0.25) is 11.4 Å². The number of Topliss-reactive ketones (excluding diaryl/α,β-unsaturated/α-hetero) is 3. The number of nitrogens with zero attached hydrogens (tertiary/aromatic N) is 1. The highest BCUT2D eigenvalue weighted by atomic mass is 16.4. The number of rotatable bonds is 36. The molecule has 3 atom stereocenters. The number of carbonyl (C=O) groups is 5. The number of hydrogen-bond acceptors (Lipinski definition) is 7. The Morgan fingerprint density at radius 1 is 0.554 bits per heavy atom. The van der Waals surface area contributed by atoms with Crippen molar-refractivity contribution in [2.45, 2.75) is 232 Å². The molecule has 9 nitrogen and oxygen atoms in total. The first-order chi connectivity index (χ1) is 27.0. The third-order valence-electron chi connectivity index (χ3n) is 11.8. The maximum Gasteiger partial charge on any atom is 0.339 e. The Bertz CT molecular complexity index is 1140. The largest absolute Gasteiger partial charge is 0.479 e. The molecular weight excluding hydrogens is 703 g/mol. The summed E-state index contributed by atoms with van der Waals surface area (Å²) in [7, 11) is 0. The number of unbranched alkanes of at least 4 members (excludes halogenated alkanes) is 22. The average molecular weight is 786 g/mol. The minimum atomic E-state index is -2.73. The van der Waals surface area contributed by atoms with Crippen LogP contribution >= 0.6 is 0 Å². The van der Waals surface area contributed by atoms with Gasteiger partial charge in [-0.2, -0.15) is 0 Å². The summed E-state index contributed by atoms with van der Waals surface area (Å²) in [4.78, 5) is 70.7. The first-order valence-corrected chi connectivity index (χ1v) is 22.9. The number of likely N-dealkylation sites (tertiary alicyclic amines) is 1. The van der Waals surface area contributed by atoms with Gasteiger partial charge in [0, 0.05) is 19.4 Å². The maximum atomic E-state index is 14.4. The van der Waals surface area contributed by atoms with Gasteiger partial charge in [-0.15, -0.1) is 0 Å². The molecule has 322 valence electrons. The zero-order valence-electron chi connectivity index (χ0n) is 36.3. The summed E-state index contributed by atoms with van der Waals surface area (Å²) in [5.41, 5.74) is 7.06. The van der Waals surface area contributed by atoms with E-state index < -0.39 is 52.3 Å². The molecule has 0 aliphatic carbocycles. The lowest BCUT2D eigenvalue weighted by molar-refractivity contribution is -0.175. The fourth-order valence-corrected chi connectivity index (χ4v) is 8.43. The second-order valence-corrected chi connectivity index (χ2v) is 16.6. The molecule has 0 aromatic rings. The van der Waals surface area contributed by atoms with E-state index in [4.69, 9.17) is 11.5 Å². The molecule has 56 heavy (non-hydrogen) atoms.